The van der Waals surface area contributed by atoms with Crippen molar-refractivity contribution >= 4 is 12.1 Å². The van der Waals surface area contributed by atoms with Crippen LogP contribution in [0.3, 0.4) is 0 Å². The van der Waals surface area contributed by atoms with E-state index in [1.165, 1.54) is 6.92 Å². The number of aldehydes is 1. The number of nitrogen functional groups attached to an aromatic ring is 1. The van der Waals surface area contributed by atoms with Gasteiger partial charge in [-0.1, -0.05) is 0 Å². The molecule has 1 aromatic heterocycles. The molecular formula is C7H7FN2O. The molecule has 0 radical (unpaired) electrons. The highest BCUT2D eigenvalue weighted by atomic mass is 19.1. The Bertz CT molecular complexity index is 299. The standard InChI is InChI=1S/C7H7FN2O/c1-4-6(8)2-5(3-11)7(9)10-4/h2-3H,1H3,(H2,9,10). The zero-order chi connectivity index (χ0) is 8.43. The van der Waals surface area contributed by atoms with Crippen LogP contribution in [-0.4, -0.2) is 11.3 Å². The van der Waals surface area contributed by atoms with E-state index in [0.29, 0.717) is 6.29 Å². The van der Waals surface area contributed by atoms with Crippen molar-refractivity contribution in [2.45, 2.75) is 6.92 Å². The van der Waals surface area contributed by atoms with Gasteiger partial charge in [0.15, 0.2) is 6.29 Å². The van der Waals surface area contributed by atoms with Crippen LogP contribution >= 0.6 is 0 Å². The number of nitrogens with two attached hydrogens (primary N) is 1. The van der Waals surface area contributed by atoms with Crippen LogP contribution < -0.4 is 5.73 Å². The number of aryl methyl sites for hydroxylation is 1. The molecule has 0 saturated heterocycles. The summed E-state index contributed by atoms with van der Waals surface area (Å²) in [7, 11) is 0. The third-order valence-corrected chi connectivity index (χ3v) is 1.34. The van der Waals surface area contributed by atoms with Crippen molar-refractivity contribution < 1.29 is 9.18 Å². The fourth-order valence-electron chi connectivity index (χ4n) is 0.708. The quantitative estimate of drug-likeness (QED) is 0.612. The largest absolute Gasteiger partial charge is 0.383 e. The average Bonchev–Trinajstić information content (AvgIpc) is 1.97. The first kappa shape index (κ1) is 7.65. The second kappa shape index (κ2) is 2.65. The van der Waals surface area contributed by atoms with Gasteiger partial charge in [-0.15, -0.1) is 0 Å². The monoisotopic (exact) mass is 154 g/mol. The van der Waals surface area contributed by atoms with Crippen molar-refractivity contribution in [3.8, 4) is 0 Å². The lowest BCUT2D eigenvalue weighted by atomic mass is 10.2. The Morgan fingerprint density at radius 1 is 1.73 bits per heavy atom. The molecule has 0 atom stereocenters. The van der Waals surface area contributed by atoms with Crippen LogP contribution in [0.25, 0.3) is 0 Å². The molecule has 0 bridgehead atoms. The molecule has 0 amide bonds. The lowest BCUT2D eigenvalue weighted by Crippen LogP contribution is -2.00. The van der Waals surface area contributed by atoms with E-state index in [2.05, 4.69) is 4.98 Å². The SMILES string of the molecule is Cc1nc(N)c(C=O)cc1F. The molecule has 1 aromatic rings. The van der Waals surface area contributed by atoms with Crippen molar-refractivity contribution in [2.75, 3.05) is 5.73 Å². The molecule has 3 nitrogen and oxygen atoms in total. The van der Waals surface area contributed by atoms with Crippen LogP contribution in [0, 0.1) is 12.7 Å². The molecule has 11 heavy (non-hydrogen) atoms. The van der Waals surface area contributed by atoms with Gasteiger partial charge in [0, 0.05) is 0 Å². The Hall–Kier alpha value is -1.45. The summed E-state index contributed by atoms with van der Waals surface area (Å²) in [5.41, 5.74) is 5.58. The molecule has 0 aliphatic heterocycles. The summed E-state index contributed by atoms with van der Waals surface area (Å²) in [6.45, 7) is 1.49. The Balaban J connectivity index is 3.31. The highest BCUT2D eigenvalue weighted by Crippen LogP contribution is 2.10. The minimum absolute atomic E-state index is 0.0684. The van der Waals surface area contributed by atoms with Gasteiger partial charge in [0.2, 0.25) is 0 Å². The summed E-state index contributed by atoms with van der Waals surface area (Å²) in [5, 5.41) is 0. The van der Waals surface area contributed by atoms with E-state index in [0.717, 1.165) is 6.07 Å². The number of rotatable bonds is 1. The normalized spacial score (nSPS) is 9.64. The van der Waals surface area contributed by atoms with Crippen LogP contribution in [0.1, 0.15) is 16.1 Å². The van der Waals surface area contributed by atoms with Crippen molar-refractivity contribution in [1.29, 1.82) is 0 Å². The number of carbonyl (C=O) groups excluding carboxylic acids is 1. The molecule has 4 heteroatoms. The van der Waals surface area contributed by atoms with Gasteiger partial charge in [0.05, 0.1) is 11.3 Å². The van der Waals surface area contributed by atoms with Crippen molar-refractivity contribution in [1.82, 2.24) is 4.98 Å². The third kappa shape index (κ3) is 1.34. The summed E-state index contributed by atoms with van der Waals surface area (Å²) in [6, 6.07) is 1.07. The number of nitrogens with zero attached hydrogens (tertiary/aromatic N) is 1. The predicted octanol–water partition coefficient (Wildman–Crippen LogP) is 0.924. The van der Waals surface area contributed by atoms with E-state index in [9.17, 15) is 9.18 Å². The Labute approximate surface area is 63.0 Å². The van der Waals surface area contributed by atoms with Crippen LogP contribution in [-0.2, 0) is 0 Å². The highest BCUT2D eigenvalue weighted by molar-refractivity contribution is 5.81. The van der Waals surface area contributed by atoms with Crippen molar-refractivity contribution in [3.05, 3.63) is 23.1 Å². The minimum Gasteiger partial charge on any atom is -0.383 e. The zero-order valence-corrected chi connectivity index (χ0v) is 5.97. The second-order valence-electron chi connectivity index (χ2n) is 2.15. The molecule has 0 spiro atoms. The summed E-state index contributed by atoms with van der Waals surface area (Å²) in [4.78, 5) is 13.8. The third-order valence-electron chi connectivity index (χ3n) is 1.34. The fraction of sp³-hybridized carbons (Fsp3) is 0.143. The van der Waals surface area contributed by atoms with Gasteiger partial charge in [-0.25, -0.2) is 9.37 Å². The van der Waals surface area contributed by atoms with Crippen LogP contribution in [0.15, 0.2) is 6.07 Å². The smallest absolute Gasteiger partial charge is 0.153 e. The molecule has 1 rings (SSSR count). The van der Waals surface area contributed by atoms with Crippen LogP contribution in [0.2, 0.25) is 0 Å². The van der Waals surface area contributed by atoms with Crippen molar-refractivity contribution in [3.63, 3.8) is 0 Å². The number of halogens is 1. The first-order valence-electron chi connectivity index (χ1n) is 3.03. The number of hydrogen-bond acceptors (Lipinski definition) is 3. The maximum atomic E-state index is 12.7. The molecule has 2 N–H and O–H groups in total. The molecular weight excluding hydrogens is 147 g/mol. The molecule has 58 valence electrons. The van der Waals surface area contributed by atoms with Gasteiger partial charge < -0.3 is 5.73 Å². The van der Waals surface area contributed by atoms with E-state index in [-0.39, 0.29) is 17.1 Å². The summed E-state index contributed by atoms with van der Waals surface area (Å²) < 4.78 is 12.7. The molecule has 0 fully saturated rings. The van der Waals surface area contributed by atoms with E-state index in [1.54, 1.807) is 0 Å². The Kier molecular flexibility index (Phi) is 1.85. The van der Waals surface area contributed by atoms with Gasteiger partial charge in [-0.2, -0.15) is 0 Å². The number of aromatic nitrogens is 1. The van der Waals surface area contributed by atoms with Crippen LogP contribution in [0.4, 0.5) is 10.2 Å². The Morgan fingerprint density at radius 2 is 2.36 bits per heavy atom. The van der Waals surface area contributed by atoms with Gasteiger partial charge >= 0.3 is 0 Å². The molecule has 0 aliphatic carbocycles. The average molecular weight is 154 g/mol. The maximum Gasteiger partial charge on any atom is 0.153 e. The molecule has 0 aliphatic rings. The van der Waals surface area contributed by atoms with E-state index in [1.807, 2.05) is 0 Å². The van der Waals surface area contributed by atoms with Crippen LogP contribution in [0.5, 0.6) is 0 Å². The molecule has 0 aromatic carbocycles. The van der Waals surface area contributed by atoms with E-state index in [4.69, 9.17) is 5.73 Å². The lowest BCUT2D eigenvalue weighted by molar-refractivity contribution is 0.112. The summed E-state index contributed by atoms with van der Waals surface area (Å²) in [5.74, 6) is -0.444. The highest BCUT2D eigenvalue weighted by Gasteiger charge is 2.04. The predicted molar refractivity (Wildman–Crippen MR) is 38.7 cm³/mol. The van der Waals surface area contributed by atoms with Gasteiger partial charge in [-0.05, 0) is 13.0 Å². The van der Waals surface area contributed by atoms with Crippen molar-refractivity contribution in [2.24, 2.45) is 0 Å². The number of carbonyl (C=O) groups is 1. The van der Waals surface area contributed by atoms with Gasteiger partial charge in [0.25, 0.3) is 0 Å². The van der Waals surface area contributed by atoms with Gasteiger partial charge in [0.1, 0.15) is 11.6 Å². The summed E-state index contributed by atoms with van der Waals surface area (Å²) in [6.07, 6.45) is 0.477. The molecule has 0 unspecified atom stereocenters. The topological polar surface area (TPSA) is 56.0 Å². The zero-order valence-electron chi connectivity index (χ0n) is 5.97. The Morgan fingerprint density at radius 3 is 2.91 bits per heavy atom. The number of anilines is 1. The van der Waals surface area contributed by atoms with Gasteiger partial charge in [-0.3, -0.25) is 4.79 Å². The number of pyridine rings is 1. The second-order valence-corrected chi connectivity index (χ2v) is 2.15. The number of hydrogen-bond donors (Lipinski definition) is 1. The molecule has 0 saturated carbocycles. The molecule has 1 heterocycles. The van der Waals surface area contributed by atoms with E-state index < -0.39 is 5.82 Å². The summed E-state index contributed by atoms with van der Waals surface area (Å²) >= 11 is 0. The van der Waals surface area contributed by atoms with E-state index >= 15 is 0 Å². The lowest BCUT2D eigenvalue weighted by Gasteiger charge is -1.99. The first-order valence-corrected chi connectivity index (χ1v) is 3.03. The fourth-order valence-corrected chi connectivity index (χ4v) is 0.708. The maximum absolute atomic E-state index is 12.7. The minimum atomic E-state index is -0.513. The first-order chi connectivity index (χ1) is 5.15.